The normalized spacial score (nSPS) is 20.1. The molecule has 0 heterocycles. The van der Waals surface area contributed by atoms with Crippen molar-refractivity contribution in [3.8, 4) is 0 Å². The minimum atomic E-state index is -3.03. The van der Waals surface area contributed by atoms with Crippen molar-refractivity contribution >= 4 is 46.3 Å². The first-order valence-electron chi connectivity index (χ1n) is 7.38. The molecular weight excluding hydrogens is 332 g/mol. The largest absolute Gasteiger partial charge is 0.299 e. The van der Waals surface area contributed by atoms with Crippen LogP contribution >= 0.6 is 0 Å². The zero-order valence-electron chi connectivity index (χ0n) is 14.8. The van der Waals surface area contributed by atoms with Gasteiger partial charge < -0.3 is 0 Å². The van der Waals surface area contributed by atoms with Crippen LogP contribution in [0.3, 0.4) is 0 Å². The van der Waals surface area contributed by atoms with Gasteiger partial charge in [-0.15, -0.1) is 0 Å². The molecule has 0 radical (unpaired) electrons. The molecule has 1 rings (SSSR count). The minimum Gasteiger partial charge on any atom is -0.299 e. The summed E-state index contributed by atoms with van der Waals surface area (Å²) >= 11 is 0. The highest BCUT2D eigenvalue weighted by atomic mass is 16.2. The fourth-order valence-corrected chi connectivity index (χ4v) is 4.46. The molecule has 8 heteroatoms. The van der Waals surface area contributed by atoms with E-state index in [1.54, 1.807) is 0 Å². The van der Waals surface area contributed by atoms with E-state index in [1.807, 2.05) is 0 Å². The van der Waals surface area contributed by atoms with E-state index in [-0.39, 0.29) is 0 Å². The van der Waals surface area contributed by atoms with Crippen molar-refractivity contribution in [2.75, 3.05) is 0 Å². The Hall–Kier alpha value is -2.64. The molecular formula is C17H18O8. The lowest BCUT2D eigenvalue weighted by Crippen LogP contribution is -2.67. The summed E-state index contributed by atoms with van der Waals surface area (Å²) in [7, 11) is 0. The van der Waals surface area contributed by atoms with Gasteiger partial charge in [-0.2, -0.15) is 0 Å². The second kappa shape index (κ2) is 5.72. The van der Waals surface area contributed by atoms with Gasteiger partial charge in [-0.3, -0.25) is 38.4 Å². The second-order valence-corrected chi connectivity index (χ2v) is 6.25. The Labute approximate surface area is 143 Å². The van der Waals surface area contributed by atoms with E-state index in [4.69, 9.17) is 0 Å². The van der Waals surface area contributed by atoms with E-state index < -0.39 is 62.5 Å². The molecule has 0 N–H and O–H groups in total. The van der Waals surface area contributed by atoms with E-state index in [0.29, 0.717) is 0 Å². The van der Waals surface area contributed by atoms with E-state index in [1.165, 1.54) is 0 Å². The van der Waals surface area contributed by atoms with E-state index in [2.05, 4.69) is 0 Å². The van der Waals surface area contributed by atoms with E-state index in [9.17, 15) is 38.4 Å². The minimum absolute atomic E-state index is 0.767. The highest BCUT2D eigenvalue weighted by Gasteiger charge is 2.87. The summed E-state index contributed by atoms with van der Waals surface area (Å²) in [6.45, 7) is 4.61. The number of hydrogen-bond acceptors (Lipinski definition) is 8. The van der Waals surface area contributed by atoms with Crippen molar-refractivity contribution in [3.05, 3.63) is 0 Å². The van der Waals surface area contributed by atoms with E-state index >= 15 is 0 Å². The first-order chi connectivity index (χ1) is 11.2. The Kier molecular flexibility index (Phi) is 4.66. The first kappa shape index (κ1) is 20.4. The molecule has 0 aliphatic heterocycles. The Bertz CT molecular complexity index is 688. The quantitative estimate of drug-likeness (QED) is 0.467. The molecule has 1 fully saturated rings. The maximum Gasteiger partial charge on any atom is 0.222 e. The number of carbonyl (C=O) groups excluding carboxylic acids is 8. The maximum absolute atomic E-state index is 12.8. The zero-order chi connectivity index (χ0) is 20.1. The van der Waals surface area contributed by atoms with Gasteiger partial charge in [0, 0.05) is 0 Å². The Morgan fingerprint density at radius 2 is 0.680 bits per heavy atom. The molecule has 0 atom stereocenters. The van der Waals surface area contributed by atoms with Crippen LogP contribution in [-0.2, 0) is 38.4 Å². The summed E-state index contributed by atoms with van der Waals surface area (Å²) in [6, 6.07) is 0. The van der Waals surface area contributed by atoms with E-state index in [0.717, 1.165) is 41.5 Å². The SMILES string of the molecule is CC(=O)C1(C(C)=O)C(=O)C(=O)C(C(C)=O)(C(C)=O)C1(C(C)=O)C(C)=O. The van der Waals surface area contributed by atoms with Crippen molar-refractivity contribution in [2.45, 2.75) is 41.5 Å². The van der Waals surface area contributed by atoms with Crippen LogP contribution in [-0.4, -0.2) is 46.3 Å². The first-order valence-corrected chi connectivity index (χ1v) is 7.38. The number of rotatable bonds is 6. The fraction of sp³-hybridized carbons (Fsp3) is 0.529. The summed E-state index contributed by atoms with van der Waals surface area (Å²) in [5, 5.41) is 0. The van der Waals surface area contributed by atoms with Gasteiger partial charge in [0.15, 0.2) is 34.0 Å². The number of carbonyl (C=O) groups is 8. The molecule has 25 heavy (non-hydrogen) atoms. The lowest BCUT2D eigenvalue weighted by atomic mass is 9.48. The number of ketones is 8. The predicted molar refractivity (Wildman–Crippen MR) is 81.4 cm³/mol. The molecule has 0 aromatic rings. The fourth-order valence-electron chi connectivity index (χ4n) is 4.46. The lowest BCUT2D eigenvalue weighted by Gasteiger charge is -2.44. The summed E-state index contributed by atoms with van der Waals surface area (Å²) < 4.78 is 0. The van der Waals surface area contributed by atoms with Crippen molar-refractivity contribution in [1.82, 2.24) is 0 Å². The lowest BCUT2D eigenvalue weighted by molar-refractivity contribution is -0.174. The van der Waals surface area contributed by atoms with Crippen molar-refractivity contribution in [3.63, 3.8) is 0 Å². The van der Waals surface area contributed by atoms with Crippen molar-refractivity contribution in [2.24, 2.45) is 16.2 Å². The summed E-state index contributed by atoms with van der Waals surface area (Å²) in [5.41, 5.74) is -9.08. The summed E-state index contributed by atoms with van der Waals surface area (Å²) in [4.78, 5) is 100. The van der Waals surface area contributed by atoms with Crippen molar-refractivity contribution in [1.29, 1.82) is 0 Å². The van der Waals surface area contributed by atoms with Crippen molar-refractivity contribution < 1.29 is 38.4 Å². The van der Waals surface area contributed by atoms with Crippen LogP contribution < -0.4 is 0 Å². The van der Waals surface area contributed by atoms with Gasteiger partial charge in [0.25, 0.3) is 0 Å². The number of hydrogen-bond donors (Lipinski definition) is 0. The standard InChI is InChI=1S/C17H18O8/c1-7(18)15(8(2)19)13(24)14(25)16(9(3)20,10(4)21)17(15,11(5)22)12(6)23/h1-6H3. The smallest absolute Gasteiger partial charge is 0.222 e. The maximum atomic E-state index is 12.8. The molecule has 134 valence electrons. The highest BCUT2D eigenvalue weighted by molar-refractivity contribution is 6.63. The Balaban J connectivity index is 4.52. The van der Waals surface area contributed by atoms with Gasteiger partial charge in [0.05, 0.1) is 0 Å². The van der Waals surface area contributed by atoms with Crippen LogP contribution in [0, 0.1) is 16.2 Å². The molecule has 1 aliphatic rings. The molecule has 0 saturated heterocycles. The molecule has 1 aliphatic carbocycles. The van der Waals surface area contributed by atoms with Crippen LogP contribution in [0.25, 0.3) is 0 Å². The summed E-state index contributed by atoms with van der Waals surface area (Å²) in [6.07, 6.45) is 0. The third-order valence-electron chi connectivity index (χ3n) is 5.18. The predicted octanol–water partition coefficient (Wildman–Crippen LogP) is -0.369. The molecule has 0 spiro atoms. The van der Waals surface area contributed by atoms with Gasteiger partial charge in [-0.25, -0.2) is 0 Å². The van der Waals surface area contributed by atoms with Crippen LogP contribution in [0.15, 0.2) is 0 Å². The van der Waals surface area contributed by atoms with Gasteiger partial charge in [0.1, 0.15) is 17.0 Å². The number of Topliss-reactive ketones (excluding diaryl/α,β-unsaturated/α-hetero) is 8. The van der Waals surface area contributed by atoms with Crippen LogP contribution in [0.1, 0.15) is 41.5 Å². The van der Waals surface area contributed by atoms with Gasteiger partial charge >= 0.3 is 0 Å². The molecule has 8 nitrogen and oxygen atoms in total. The molecule has 0 amide bonds. The summed E-state index contributed by atoms with van der Waals surface area (Å²) in [5.74, 6) is -10.8. The Morgan fingerprint density at radius 1 is 0.480 bits per heavy atom. The van der Waals surface area contributed by atoms with Gasteiger partial charge in [0.2, 0.25) is 11.6 Å². The highest BCUT2D eigenvalue weighted by Crippen LogP contribution is 2.62. The molecule has 0 unspecified atom stereocenters. The third-order valence-corrected chi connectivity index (χ3v) is 5.18. The zero-order valence-corrected chi connectivity index (χ0v) is 14.8. The Morgan fingerprint density at radius 3 is 0.800 bits per heavy atom. The molecule has 1 saturated carbocycles. The average Bonchev–Trinajstić information content (AvgIpc) is 2.63. The van der Waals surface area contributed by atoms with Crippen LogP contribution in [0.5, 0.6) is 0 Å². The molecule has 0 aromatic carbocycles. The molecule has 0 bridgehead atoms. The van der Waals surface area contributed by atoms with Gasteiger partial charge in [-0.05, 0) is 41.5 Å². The topological polar surface area (TPSA) is 137 Å². The monoisotopic (exact) mass is 350 g/mol. The third kappa shape index (κ3) is 1.76. The molecule has 0 aromatic heterocycles. The second-order valence-electron chi connectivity index (χ2n) is 6.25. The average molecular weight is 350 g/mol. The van der Waals surface area contributed by atoms with Crippen LogP contribution in [0.2, 0.25) is 0 Å². The van der Waals surface area contributed by atoms with Gasteiger partial charge in [-0.1, -0.05) is 0 Å². The van der Waals surface area contributed by atoms with Crippen LogP contribution in [0.4, 0.5) is 0 Å².